The Balaban J connectivity index is 3.01. The topological polar surface area (TPSA) is 3.01 Å². The summed E-state index contributed by atoms with van der Waals surface area (Å²) in [5.41, 5.74) is 2.69. The van der Waals surface area contributed by atoms with Gasteiger partial charge < -0.3 is 0 Å². The standard InChI is InChI=1S/C12H18N/c1-4-13(5-2)11(3)12-9-7-6-8-10-12/h6-10H,4-5H2,1-3H3/q+1. The molecular weight excluding hydrogens is 158 g/mol. The number of hydrogen-bond acceptors (Lipinski definition) is 0. The Morgan fingerprint density at radius 2 is 1.62 bits per heavy atom. The van der Waals surface area contributed by atoms with Crippen LogP contribution in [0.4, 0.5) is 0 Å². The van der Waals surface area contributed by atoms with Crippen molar-refractivity contribution in [2.24, 2.45) is 0 Å². The normalized spacial score (nSPS) is 9.77. The smallest absolute Gasteiger partial charge is 0.180 e. The first kappa shape index (κ1) is 9.97. The molecule has 0 radical (unpaired) electrons. The van der Waals surface area contributed by atoms with Crippen LogP contribution in [0.1, 0.15) is 26.3 Å². The molecule has 0 saturated heterocycles. The lowest BCUT2D eigenvalue weighted by molar-refractivity contribution is -0.520. The van der Waals surface area contributed by atoms with Crippen LogP contribution in [0.25, 0.3) is 0 Å². The molecule has 1 aromatic carbocycles. The molecule has 0 aliphatic carbocycles. The third-order valence-corrected chi connectivity index (χ3v) is 2.43. The van der Waals surface area contributed by atoms with Gasteiger partial charge in [-0.25, -0.2) is 4.58 Å². The van der Waals surface area contributed by atoms with Crippen molar-refractivity contribution >= 4 is 5.71 Å². The Labute approximate surface area is 80.7 Å². The number of hydrogen-bond donors (Lipinski definition) is 0. The van der Waals surface area contributed by atoms with Crippen LogP contribution in [0, 0.1) is 0 Å². The SMILES string of the molecule is CC[N+](CC)=C(C)c1ccccc1. The minimum absolute atomic E-state index is 1.08. The molecule has 1 aromatic rings. The van der Waals surface area contributed by atoms with Gasteiger partial charge in [-0.05, 0) is 26.0 Å². The molecule has 0 fully saturated rings. The van der Waals surface area contributed by atoms with E-state index in [1.165, 1.54) is 11.3 Å². The van der Waals surface area contributed by atoms with Gasteiger partial charge in [0.1, 0.15) is 13.1 Å². The molecule has 0 bridgehead atoms. The maximum Gasteiger partial charge on any atom is 0.180 e. The van der Waals surface area contributed by atoms with Crippen LogP contribution in [0.2, 0.25) is 0 Å². The maximum absolute atomic E-state index is 2.37. The minimum Gasteiger partial charge on any atom is -0.234 e. The lowest BCUT2D eigenvalue weighted by Gasteiger charge is -2.02. The average Bonchev–Trinajstić information content (AvgIpc) is 2.21. The number of nitrogens with zero attached hydrogens (tertiary/aromatic N) is 1. The van der Waals surface area contributed by atoms with Gasteiger partial charge in [0.25, 0.3) is 0 Å². The first-order valence-electron chi connectivity index (χ1n) is 4.93. The van der Waals surface area contributed by atoms with Gasteiger partial charge in [0.15, 0.2) is 5.71 Å². The highest BCUT2D eigenvalue weighted by molar-refractivity contribution is 5.94. The van der Waals surface area contributed by atoms with E-state index in [4.69, 9.17) is 0 Å². The molecule has 1 nitrogen and oxygen atoms in total. The van der Waals surface area contributed by atoms with Crippen LogP contribution in [0.5, 0.6) is 0 Å². The van der Waals surface area contributed by atoms with Crippen LogP contribution in [0.15, 0.2) is 30.3 Å². The fourth-order valence-corrected chi connectivity index (χ4v) is 1.56. The molecule has 1 rings (SSSR count). The summed E-state index contributed by atoms with van der Waals surface area (Å²) >= 11 is 0. The average molecular weight is 176 g/mol. The molecule has 0 N–H and O–H groups in total. The van der Waals surface area contributed by atoms with Gasteiger partial charge in [0, 0.05) is 12.5 Å². The molecule has 0 unspecified atom stereocenters. The highest BCUT2D eigenvalue weighted by atomic mass is 15.0. The van der Waals surface area contributed by atoms with Gasteiger partial charge in [-0.3, -0.25) is 0 Å². The third-order valence-electron chi connectivity index (χ3n) is 2.43. The van der Waals surface area contributed by atoms with E-state index < -0.39 is 0 Å². The van der Waals surface area contributed by atoms with Crippen LogP contribution < -0.4 is 0 Å². The monoisotopic (exact) mass is 176 g/mol. The predicted molar refractivity (Wildman–Crippen MR) is 57.6 cm³/mol. The summed E-state index contributed by atoms with van der Waals surface area (Å²) in [6.45, 7) is 8.72. The van der Waals surface area contributed by atoms with E-state index >= 15 is 0 Å². The zero-order valence-electron chi connectivity index (χ0n) is 8.75. The molecule has 0 aliphatic rings. The predicted octanol–water partition coefficient (Wildman–Crippen LogP) is 2.55. The Morgan fingerprint density at radius 1 is 1.08 bits per heavy atom. The Bertz CT molecular complexity index is 279. The van der Waals surface area contributed by atoms with Gasteiger partial charge >= 0.3 is 0 Å². The molecule has 13 heavy (non-hydrogen) atoms. The summed E-state index contributed by atoms with van der Waals surface area (Å²) in [6.07, 6.45) is 0. The third kappa shape index (κ3) is 2.41. The lowest BCUT2D eigenvalue weighted by Crippen LogP contribution is -2.19. The van der Waals surface area contributed by atoms with E-state index in [0.29, 0.717) is 0 Å². The van der Waals surface area contributed by atoms with Crippen LogP contribution in [0.3, 0.4) is 0 Å². The van der Waals surface area contributed by atoms with E-state index in [1.54, 1.807) is 0 Å². The second-order valence-corrected chi connectivity index (χ2v) is 3.12. The summed E-state index contributed by atoms with van der Waals surface area (Å²) in [6, 6.07) is 10.5. The first-order chi connectivity index (χ1) is 6.29. The zero-order valence-corrected chi connectivity index (χ0v) is 8.75. The van der Waals surface area contributed by atoms with E-state index in [2.05, 4.69) is 55.7 Å². The van der Waals surface area contributed by atoms with Gasteiger partial charge in [-0.1, -0.05) is 18.2 Å². The second kappa shape index (κ2) is 4.80. The second-order valence-electron chi connectivity index (χ2n) is 3.12. The molecule has 0 spiro atoms. The van der Waals surface area contributed by atoms with E-state index in [9.17, 15) is 0 Å². The zero-order chi connectivity index (χ0) is 9.68. The van der Waals surface area contributed by atoms with Gasteiger partial charge in [0.05, 0.1) is 0 Å². The summed E-state index contributed by atoms with van der Waals surface area (Å²) in [5, 5.41) is 0. The Morgan fingerprint density at radius 3 is 2.08 bits per heavy atom. The van der Waals surface area contributed by atoms with Gasteiger partial charge in [-0.2, -0.15) is 0 Å². The van der Waals surface area contributed by atoms with Crippen molar-refractivity contribution in [2.75, 3.05) is 13.1 Å². The van der Waals surface area contributed by atoms with Gasteiger partial charge in [-0.15, -0.1) is 0 Å². The molecule has 0 heterocycles. The minimum atomic E-state index is 1.08. The quantitative estimate of drug-likeness (QED) is 0.492. The summed E-state index contributed by atoms with van der Waals surface area (Å²) < 4.78 is 2.37. The van der Waals surface area contributed by atoms with E-state index in [-0.39, 0.29) is 0 Å². The van der Waals surface area contributed by atoms with E-state index in [1.807, 2.05) is 0 Å². The Kier molecular flexibility index (Phi) is 3.69. The molecule has 0 saturated carbocycles. The van der Waals surface area contributed by atoms with Crippen molar-refractivity contribution in [1.82, 2.24) is 0 Å². The van der Waals surface area contributed by atoms with Crippen molar-refractivity contribution in [1.29, 1.82) is 0 Å². The van der Waals surface area contributed by atoms with Crippen LogP contribution in [-0.2, 0) is 0 Å². The molecule has 0 atom stereocenters. The molecular formula is C12H18N+. The Hall–Kier alpha value is -1.11. The molecule has 0 aromatic heterocycles. The van der Waals surface area contributed by atoms with Crippen molar-refractivity contribution < 1.29 is 4.58 Å². The van der Waals surface area contributed by atoms with Gasteiger partial charge in [0.2, 0.25) is 0 Å². The molecule has 70 valence electrons. The van der Waals surface area contributed by atoms with Crippen LogP contribution >= 0.6 is 0 Å². The highest BCUT2D eigenvalue weighted by Gasteiger charge is 2.06. The molecule has 1 heteroatoms. The number of benzene rings is 1. The number of rotatable bonds is 3. The largest absolute Gasteiger partial charge is 0.234 e. The van der Waals surface area contributed by atoms with Crippen molar-refractivity contribution in [3.63, 3.8) is 0 Å². The highest BCUT2D eigenvalue weighted by Crippen LogP contribution is 2.00. The fraction of sp³-hybridized carbons (Fsp3) is 0.417. The van der Waals surface area contributed by atoms with E-state index in [0.717, 1.165) is 13.1 Å². The molecule has 0 aliphatic heterocycles. The summed E-state index contributed by atoms with van der Waals surface area (Å²) in [7, 11) is 0. The van der Waals surface area contributed by atoms with Crippen LogP contribution in [-0.4, -0.2) is 23.4 Å². The lowest BCUT2D eigenvalue weighted by atomic mass is 10.1. The van der Waals surface area contributed by atoms with Crippen molar-refractivity contribution in [2.45, 2.75) is 20.8 Å². The fourth-order valence-electron chi connectivity index (χ4n) is 1.56. The summed E-state index contributed by atoms with van der Waals surface area (Å²) in [5.74, 6) is 0. The maximum atomic E-state index is 2.37. The first-order valence-corrected chi connectivity index (χ1v) is 4.93. The van der Waals surface area contributed by atoms with Crippen molar-refractivity contribution in [3.05, 3.63) is 35.9 Å². The van der Waals surface area contributed by atoms with Crippen molar-refractivity contribution in [3.8, 4) is 0 Å². The summed E-state index contributed by atoms with van der Waals surface area (Å²) in [4.78, 5) is 0. The molecule has 0 amide bonds.